The molecule has 35 heavy (non-hydrogen) atoms. The van der Waals surface area contributed by atoms with Gasteiger partial charge in [0.1, 0.15) is 17.9 Å². The van der Waals surface area contributed by atoms with Crippen molar-refractivity contribution in [2.45, 2.75) is 69.8 Å². The van der Waals surface area contributed by atoms with Gasteiger partial charge in [-0.05, 0) is 67.1 Å². The van der Waals surface area contributed by atoms with E-state index in [1.807, 2.05) is 30.3 Å². The number of nitriles is 1. The number of nitrogens with zero attached hydrogens (tertiary/aromatic N) is 2. The molecule has 3 aliphatic rings. The molecular formula is C27H28N4O4. The van der Waals surface area contributed by atoms with Gasteiger partial charge in [0.2, 0.25) is 11.8 Å². The van der Waals surface area contributed by atoms with Gasteiger partial charge in [-0.25, -0.2) is 0 Å². The van der Waals surface area contributed by atoms with Crippen LogP contribution in [0.5, 0.6) is 5.75 Å². The summed E-state index contributed by atoms with van der Waals surface area (Å²) in [4.78, 5) is 38.2. The highest BCUT2D eigenvalue weighted by Gasteiger charge is 2.39. The smallest absolute Gasteiger partial charge is 0.255 e. The SMILES string of the molecule is N#Cc1cccc(CN[C@@H]2CCCC[C@H]2Oc2ccc3c(c2)CN(C2CCC(=O)NC2=O)C3=O)c1. The third-order valence-corrected chi connectivity index (χ3v) is 7.11. The van der Waals surface area contributed by atoms with Crippen LogP contribution in [0.3, 0.4) is 0 Å². The van der Waals surface area contributed by atoms with Crippen LogP contribution in [0.4, 0.5) is 0 Å². The molecular weight excluding hydrogens is 444 g/mol. The standard InChI is InChI=1S/C27H28N4O4/c28-14-17-4-3-5-18(12-17)15-29-22-6-1-2-7-24(22)35-20-8-9-21-19(13-20)16-31(27(21)34)23-10-11-25(32)30-26(23)33/h3-5,8-9,12-13,22-24,29H,1-2,6-7,10-11,15-16H2,(H,30,32,33)/t22-,23?,24-/m1/s1. The molecule has 3 atom stereocenters. The zero-order valence-corrected chi connectivity index (χ0v) is 19.5. The molecule has 2 aromatic carbocycles. The lowest BCUT2D eigenvalue weighted by molar-refractivity contribution is -0.136. The molecule has 2 N–H and O–H groups in total. The molecule has 2 aromatic rings. The van der Waals surface area contributed by atoms with Gasteiger partial charge in [0.25, 0.3) is 5.91 Å². The van der Waals surface area contributed by atoms with Gasteiger partial charge in [0.05, 0.1) is 11.6 Å². The predicted octanol–water partition coefficient (Wildman–Crippen LogP) is 2.80. The van der Waals surface area contributed by atoms with E-state index in [0.29, 0.717) is 36.4 Å². The fourth-order valence-electron chi connectivity index (χ4n) is 5.27. The topological polar surface area (TPSA) is 112 Å². The van der Waals surface area contributed by atoms with Crippen LogP contribution in [0, 0.1) is 11.3 Å². The van der Waals surface area contributed by atoms with Crippen LogP contribution in [0.15, 0.2) is 42.5 Å². The highest BCUT2D eigenvalue weighted by molar-refractivity contribution is 6.05. The largest absolute Gasteiger partial charge is 0.489 e. The van der Waals surface area contributed by atoms with Gasteiger partial charge in [-0.1, -0.05) is 18.6 Å². The van der Waals surface area contributed by atoms with Crippen molar-refractivity contribution < 1.29 is 19.1 Å². The number of ether oxygens (including phenoxy) is 1. The van der Waals surface area contributed by atoms with Gasteiger partial charge in [0, 0.05) is 31.1 Å². The summed E-state index contributed by atoms with van der Waals surface area (Å²) in [5, 5.41) is 15.1. The molecule has 3 amide bonds. The molecule has 5 rings (SSSR count). The van der Waals surface area contributed by atoms with Crippen molar-refractivity contribution in [1.29, 1.82) is 5.26 Å². The number of hydrogen-bond donors (Lipinski definition) is 2. The number of carbonyl (C=O) groups excluding carboxylic acids is 3. The van der Waals surface area contributed by atoms with Crippen LogP contribution < -0.4 is 15.4 Å². The van der Waals surface area contributed by atoms with E-state index < -0.39 is 11.9 Å². The number of rotatable bonds is 6. The Kier molecular flexibility index (Phi) is 6.51. The Balaban J connectivity index is 1.25. The second-order valence-corrected chi connectivity index (χ2v) is 9.46. The minimum Gasteiger partial charge on any atom is -0.489 e. The molecule has 1 saturated heterocycles. The number of benzene rings is 2. The van der Waals surface area contributed by atoms with Crippen LogP contribution in [-0.4, -0.2) is 40.8 Å². The summed E-state index contributed by atoms with van der Waals surface area (Å²) in [7, 11) is 0. The molecule has 2 fully saturated rings. The minimum absolute atomic E-state index is 0.00397. The van der Waals surface area contributed by atoms with Crippen LogP contribution in [-0.2, 0) is 22.7 Å². The van der Waals surface area contributed by atoms with E-state index in [1.165, 1.54) is 0 Å². The van der Waals surface area contributed by atoms with Crippen molar-refractivity contribution in [3.63, 3.8) is 0 Å². The first-order valence-corrected chi connectivity index (χ1v) is 12.2. The molecule has 2 heterocycles. The molecule has 1 saturated carbocycles. The predicted molar refractivity (Wildman–Crippen MR) is 127 cm³/mol. The van der Waals surface area contributed by atoms with E-state index in [2.05, 4.69) is 16.7 Å². The number of piperidine rings is 1. The number of fused-ring (bicyclic) bond motifs is 1. The van der Waals surface area contributed by atoms with Crippen LogP contribution in [0.1, 0.15) is 65.6 Å². The second kappa shape index (κ2) is 9.88. The average molecular weight is 473 g/mol. The Bertz CT molecular complexity index is 1200. The first-order valence-electron chi connectivity index (χ1n) is 12.2. The van der Waals surface area contributed by atoms with Crippen molar-refractivity contribution >= 4 is 17.7 Å². The molecule has 0 aromatic heterocycles. The number of nitrogens with one attached hydrogen (secondary N) is 2. The molecule has 0 spiro atoms. The van der Waals surface area contributed by atoms with Gasteiger partial charge in [-0.15, -0.1) is 0 Å². The van der Waals surface area contributed by atoms with Crippen molar-refractivity contribution in [1.82, 2.24) is 15.5 Å². The second-order valence-electron chi connectivity index (χ2n) is 9.46. The third kappa shape index (κ3) is 4.91. The van der Waals surface area contributed by atoms with Gasteiger partial charge in [-0.2, -0.15) is 5.26 Å². The minimum atomic E-state index is -0.622. The maximum Gasteiger partial charge on any atom is 0.255 e. The lowest BCUT2D eigenvalue weighted by Crippen LogP contribution is -2.52. The first kappa shape index (κ1) is 23.1. The van der Waals surface area contributed by atoms with E-state index in [-0.39, 0.29) is 30.4 Å². The number of amides is 3. The number of hydrogen-bond acceptors (Lipinski definition) is 6. The summed E-state index contributed by atoms with van der Waals surface area (Å²) in [6, 6.07) is 14.9. The molecule has 8 heteroatoms. The summed E-state index contributed by atoms with van der Waals surface area (Å²) in [5.74, 6) is -0.167. The average Bonchev–Trinajstić information content (AvgIpc) is 3.19. The van der Waals surface area contributed by atoms with Gasteiger partial charge >= 0.3 is 0 Å². The number of imide groups is 1. The fourth-order valence-corrected chi connectivity index (χ4v) is 5.27. The number of carbonyl (C=O) groups is 3. The lowest BCUT2D eigenvalue weighted by Gasteiger charge is -2.33. The van der Waals surface area contributed by atoms with Gasteiger partial charge in [0.15, 0.2) is 0 Å². The Morgan fingerprint density at radius 1 is 1.09 bits per heavy atom. The maximum absolute atomic E-state index is 12.9. The summed E-state index contributed by atoms with van der Waals surface area (Å²) in [6.45, 7) is 0.999. The van der Waals surface area contributed by atoms with E-state index >= 15 is 0 Å². The molecule has 8 nitrogen and oxygen atoms in total. The Labute approximate surface area is 204 Å². The first-order chi connectivity index (χ1) is 17.0. The highest BCUT2D eigenvalue weighted by atomic mass is 16.5. The van der Waals surface area contributed by atoms with E-state index in [4.69, 9.17) is 10.00 Å². The maximum atomic E-state index is 12.9. The van der Waals surface area contributed by atoms with E-state index in [9.17, 15) is 14.4 Å². The Morgan fingerprint density at radius 2 is 1.94 bits per heavy atom. The quantitative estimate of drug-likeness (QED) is 0.626. The van der Waals surface area contributed by atoms with Crippen molar-refractivity contribution in [2.75, 3.05) is 0 Å². The van der Waals surface area contributed by atoms with Crippen molar-refractivity contribution in [3.8, 4) is 11.8 Å². The molecule has 0 bridgehead atoms. The fraction of sp³-hybridized carbons (Fsp3) is 0.407. The van der Waals surface area contributed by atoms with E-state index in [1.54, 1.807) is 17.0 Å². The molecule has 2 aliphatic heterocycles. The van der Waals surface area contributed by atoms with Crippen LogP contribution in [0.25, 0.3) is 0 Å². The van der Waals surface area contributed by atoms with E-state index in [0.717, 1.165) is 36.8 Å². The summed E-state index contributed by atoms with van der Waals surface area (Å²) in [5.41, 5.74) is 3.14. The van der Waals surface area contributed by atoms with Crippen LogP contribution in [0.2, 0.25) is 0 Å². The summed E-state index contributed by atoms with van der Waals surface area (Å²) in [6.07, 6.45) is 4.77. The van der Waals surface area contributed by atoms with Crippen LogP contribution >= 0.6 is 0 Å². The summed E-state index contributed by atoms with van der Waals surface area (Å²) >= 11 is 0. The molecule has 1 unspecified atom stereocenters. The molecule has 1 aliphatic carbocycles. The third-order valence-electron chi connectivity index (χ3n) is 7.11. The molecule has 180 valence electrons. The normalized spacial score (nSPS) is 24.0. The zero-order valence-electron chi connectivity index (χ0n) is 19.5. The molecule has 0 radical (unpaired) electrons. The monoisotopic (exact) mass is 472 g/mol. The summed E-state index contributed by atoms with van der Waals surface area (Å²) < 4.78 is 6.41. The van der Waals surface area contributed by atoms with Gasteiger partial charge in [-0.3, -0.25) is 19.7 Å². The van der Waals surface area contributed by atoms with Gasteiger partial charge < -0.3 is 15.0 Å². The highest BCUT2D eigenvalue weighted by Crippen LogP contribution is 2.32. The van der Waals surface area contributed by atoms with Crippen molar-refractivity contribution in [2.24, 2.45) is 0 Å². The Hall–Kier alpha value is -3.70. The van der Waals surface area contributed by atoms with Crippen molar-refractivity contribution in [3.05, 3.63) is 64.7 Å². The zero-order chi connectivity index (χ0) is 24.4. The lowest BCUT2D eigenvalue weighted by atomic mass is 9.92. The Morgan fingerprint density at radius 3 is 2.77 bits per heavy atom.